The minimum absolute atomic E-state index is 0.0219. The smallest absolute Gasteiger partial charge is 0.223 e. The first-order valence-electron chi connectivity index (χ1n) is 7.70. The second-order valence-corrected chi connectivity index (χ2v) is 6.46. The predicted molar refractivity (Wildman–Crippen MR) is 76.1 cm³/mol. The van der Waals surface area contributed by atoms with Crippen molar-refractivity contribution < 1.29 is 9.53 Å². The van der Waals surface area contributed by atoms with Crippen molar-refractivity contribution in [3.8, 4) is 0 Å². The number of amides is 1. The Balaban J connectivity index is 1.77. The largest absolute Gasteiger partial charge is 0.379 e. The third-order valence-corrected chi connectivity index (χ3v) is 4.54. The van der Waals surface area contributed by atoms with Gasteiger partial charge in [-0.3, -0.25) is 9.69 Å². The van der Waals surface area contributed by atoms with Gasteiger partial charge in [0.1, 0.15) is 0 Å². The number of carbonyl (C=O) groups excluding carboxylic acids is 1. The highest BCUT2D eigenvalue weighted by atomic mass is 16.5. The molecule has 1 aliphatic heterocycles. The third-order valence-electron chi connectivity index (χ3n) is 4.54. The Hall–Kier alpha value is -0.610. The first kappa shape index (κ1) is 14.8. The molecule has 2 fully saturated rings. The molecule has 0 bridgehead atoms. The Morgan fingerprint density at radius 3 is 2.47 bits per heavy atom. The number of morpholine rings is 1. The molecule has 4 nitrogen and oxygen atoms in total. The first-order valence-corrected chi connectivity index (χ1v) is 7.70. The maximum Gasteiger partial charge on any atom is 0.223 e. The van der Waals surface area contributed by atoms with E-state index >= 15 is 0 Å². The maximum atomic E-state index is 12.2. The quantitative estimate of drug-likeness (QED) is 0.845. The lowest BCUT2D eigenvalue weighted by Gasteiger charge is -2.41. The minimum Gasteiger partial charge on any atom is -0.379 e. The average molecular weight is 268 g/mol. The molecule has 0 atom stereocenters. The lowest BCUT2D eigenvalue weighted by Crippen LogP contribution is -2.55. The maximum absolute atomic E-state index is 12.2. The van der Waals surface area contributed by atoms with Gasteiger partial charge in [-0.25, -0.2) is 0 Å². The molecular formula is C15H28N2O2. The van der Waals surface area contributed by atoms with Crippen LogP contribution in [-0.2, 0) is 9.53 Å². The van der Waals surface area contributed by atoms with Crippen molar-refractivity contribution in [3.63, 3.8) is 0 Å². The van der Waals surface area contributed by atoms with Crippen LogP contribution in [0.25, 0.3) is 0 Å². The van der Waals surface area contributed by atoms with Crippen molar-refractivity contribution in [1.29, 1.82) is 0 Å². The molecular weight excluding hydrogens is 240 g/mol. The van der Waals surface area contributed by atoms with Crippen LogP contribution in [0.3, 0.4) is 0 Å². The highest BCUT2D eigenvalue weighted by Gasteiger charge is 2.29. The van der Waals surface area contributed by atoms with Gasteiger partial charge in [-0.05, 0) is 26.7 Å². The van der Waals surface area contributed by atoms with Crippen LogP contribution in [0.15, 0.2) is 0 Å². The standard InChI is InChI=1S/C15H28N2O2/c1-15(2,17-8-10-19-11-9-17)12-16-14(18)13-6-4-3-5-7-13/h13H,3-12H2,1-2H3,(H,16,18). The van der Waals surface area contributed by atoms with E-state index < -0.39 is 0 Å². The fraction of sp³-hybridized carbons (Fsp3) is 0.933. The molecule has 1 saturated carbocycles. The zero-order valence-electron chi connectivity index (χ0n) is 12.4. The predicted octanol–water partition coefficient (Wildman–Crippen LogP) is 1.79. The van der Waals surface area contributed by atoms with Crippen molar-refractivity contribution in [3.05, 3.63) is 0 Å². The normalized spacial score (nSPS) is 23.3. The summed E-state index contributed by atoms with van der Waals surface area (Å²) in [5.74, 6) is 0.523. The fourth-order valence-corrected chi connectivity index (χ4v) is 3.09. The number of hydrogen-bond acceptors (Lipinski definition) is 3. The Morgan fingerprint density at radius 1 is 1.21 bits per heavy atom. The summed E-state index contributed by atoms with van der Waals surface area (Å²) in [6, 6.07) is 0. The molecule has 1 amide bonds. The molecule has 2 aliphatic rings. The van der Waals surface area contributed by atoms with E-state index in [0.29, 0.717) is 0 Å². The summed E-state index contributed by atoms with van der Waals surface area (Å²) < 4.78 is 5.39. The highest BCUT2D eigenvalue weighted by molar-refractivity contribution is 5.78. The van der Waals surface area contributed by atoms with Gasteiger partial charge in [-0.15, -0.1) is 0 Å². The topological polar surface area (TPSA) is 41.6 Å². The average Bonchev–Trinajstić information content (AvgIpc) is 2.47. The van der Waals surface area contributed by atoms with Crippen LogP contribution < -0.4 is 5.32 Å². The van der Waals surface area contributed by atoms with Crippen LogP contribution in [0.1, 0.15) is 46.0 Å². The van der Waals surface area contributed by atoms with Gasteiger partial charge >= 0.3 is 0 Å². The summed E-state index contributed by atoms with van der Waals surface area (Å²) in [6.07, 6.45) is 5.87. The van der Waals surface area contributed by atoms with Crippen molar-refractivity contribution in [1.82, 2.24) is 10.2 Å². The molecule has 0 radical (unpaired) electrons. The van der Waals surface area contributed by atoms with E-state index in [4.69, 9.17) is 4.74 Å². The van der Waals surface area contributed by atoms with E-state index in [2.05, 4.69) is 24.1 Å². The van der Waals surface area contributed by atoms with Crippen LogP contribution in [-0.4, -0.2) is 49.2 Å². The number of nitrogens with one attached hydrogen (secondary N) is 1. The van der Waals surface area contributed by atoms with Crippen LogP contribution >= 0.6 is 0 Å². The van der Waals surface area contributed by atoms with Crippen LogP contribution in [0, 0.1) is 5.92 Å². The Labute approximate surface area is 116 Å². The molecule has 1 heterocycles. The number of nitrogens with zero attached hydrogens (tertiary/aromatic N) is 1. The molecule has 2 rings (SSSR count). The monoisotopic (exact) mass is 268 g/mol. The SMILES string of the molecule is CC(C)(CNC(=O)C1CCCCC1)N1CCOCC1. The van der Waals surface area contributed by atoms with E-state index in [-0.39, 0.29) is 17.4 Å². The summed E-state index contributed by atoms with van der Waals surface area (Å²) in [5.41, 5.74) is 0.0219. The fourth-order valence-electron chi connectivity index (χ4n) is 3.09. The van der Waals surface area contributed by atoms with E-state index in [1.54, 1.807) is 0 Å². The molecule has 1 saturated heterocycles. The van der Waals surface area contributed by atoms with Gasteiger partial charge in [0.2, 0.25) is 5.91 Å². The molecule has 1 N–H and O–H groups in total. The molecule has 0 aromatic carbocycles. The van der Waals surface area contributed by atoms with E-state index in [0.717, 1.165) is 45.7 Å². The zero-order chi connectivity index (χ0) is 13.7. The number of carbonyl (C=O) groups is 1. The van der Waals surface area contributed by atoms with Gasteiger partial charge in [0.15, 0.2) is 0 Å². The summed E-state index contributed by atoms with van der Waals surface area (Å²) in [6.45, 7) is 8.69. The number of hydrogen-bond donors (Lipinski definition) is 1. The highest BCUT2D eigenvalue weighted by Crippen LogP contribution is 2.24. The van der Waals surface area contributed by atoms with Crippen LogP contribution in [0.5, 0.6) is 0 Å². The lowest BCUT2D eigenvalue weighted by atomic mass is 9.88. The molecule has 0 aromatic heterocycles. The van der Waals surface area contributed by atoms with Gasteiger partial charge in [-0.1, -0.05) is 19.3 Å². The molecule has 110 valence electrons. The Morgan fingerprint density at radius 2 is 1.84 bits per heavy atom. The van der Waals surface area contributed by atoms with E-state index in [9.17, 15) is 4.79 Å². The number of rotatable bonds is 4. The van der Waals surface area contributed by atoms with Gasteiger partial charge in [-0.2, -0.15) is 0 Å². The van der Waals surface area contributed by atoms with Crippen LogP contribution in [0.4, 0.5) is 0 Å². The minimum atomic E-state index is 0.0219. The Bertz CT molecular complexity index is 293. The second kappa shape index (κ2) is 6.71. The summed E-state index contributed by atoms with van der Waals surface area (Å²) in [7, 11) is 0. The van der Waals surface area contributed by atoms with Gasteiger partial charge < -0.3 is 10.1 Å². The van der Waals surface area contributed by atoms with Crippen molar-refractivity contribution in [2.75, 3.05) is 32.8 Å². The second-order valence-electron chi connectivity index (χ2n) is 6.46. The molecule has 1 aliphatic carbocycles. The summed E-state index contributed by atoms with van der Waals surface area (Å²) in [4.78, 5) is 14.6. The van der Waals surface area contributed by atoms with Crippen molar-refractivity contribution in [2.45, 2.75) is 51.5 Å². The van der Waals surface area contributed by atoms with Crippen molar-refractivity contribution in [2.24, 2.45) is 5.92 Å². The molecule has 4 heteroatoms. The lowest BCUT2D eigenvalue weighted by molar-refractivity contribution is -0.126. The van der Waals surface area contributed by atoms with Crippen molar-refractivity contribution >= 4 is 5.91 Å². The van der Waals surface area contributed by atoms with Gasteiger partial charge in [0.05, 0.1) is 13.2 Å². The van der Waals surface area contributed by atoms with Gasteiger partial charge in [0.25, 0.3) is 0 Å². The first-order chi connectivity index (χ1) is 9.09. The van der Waals surface area contributed by atoms with Gasteiger partial charge in [0, 0.05) is 31.1 Å². The molecule has 0 unspecified atom stereocenters. The zero-order valence-corrected chi connectivity index (χ0v) is 12.4. The third kappa shape index (κ3) is 4.18. The van der Waals surface area contributed by atoms with Crippen LogP contribution in [0.2, 0.25) is 0 Å². The number of ether oxygens (including phenoxy) is 1. The molecule has 19 heavy (non-hydrogen) atoms. The Kier molecular flexibility index (Phi) is 5.22. The molecule has 0 aromatic rings. The van der Waals surface area contributed by atoms with E-state index in [1.807, 2.05) is 0 Å². The summed E-state index contributed by atoms with van der Waals surface area (Å²) in [5, 5.41) is 3.17. The summed E-state index contributed by atoms with van der Waals surface area (Å²) >= 11 is 0. The van der Waals surface area contributed by atoms with E-state index in [1.165, 1.54) is 19.3 Å². The molecule has 0 spiro atoms.